The molecule has 1 aliphatic heterocycles. The lowest BCUT2D eigenvalue weighted by atomic mass is 10.1. The summed E-state index contributed by atoms with van der Waals surface area (Å²) in [6.45, 7) is 3.73. The molecule has 0 N–H and O–H groups in total. The van der Waals surface area contributed by atoms with Gasteiger partial charge < -0.3 is 9.47 Å². The van der Waals surface area contributed by atoms with Crippen LogP contribution in [0.3, 0.4) is 0 Å². The zero-order valence-electron chi connectivity index (χ0n) is 18.2. The summed E-state index contributed by atoms with van der Waals surface area (Å²) < 4.78 is 14.2. The van der Waals surface area contributed by atoms with Gasteiger partial charge >= 0.3 is 0 Å². The Hall–Kier alpha value is -3.13. The highest BCUT2D eigenvalue weighted by atomic mass is 32.2. The van der Waals surface area contributed by atoms with Crippen molar-refractivity contribution in [2.75, 3.05) is 19.1 Å². The Balaban J connectivity index is 1.87. The number of amides is 1. The van der Waals surface area contributed by atoms with Gasteiger partial charge in [0.15, 0.2) is 11.5 Å². The number of thioether (sulfide) groups is 1. The highest BCUT2D eigenvalue weighted by Crippen LogP contribution is 2.47. The van der Waals surface area contributed by atoms with Gasteiger partial charge in [0.1, 0.15) is 11.1 Å². The average Bonchev–Trinajstić information content (AvgIpc) is 3.19. The number of hydrogen-bond acceptors (Lipinski definition) is 5. The van der Waals surface area contributed by atoms with Crippen LogP contribution in [0.25, 0.3) is 5.69 Å². The highest BCUT2D eigenvalue weighted by Gasteiger charge is 2.42. The van der Waals surface area contributed by atoms with E-state index in [1.807, 2.05) is 69.4 Å². The van der Waals surface area contributed by atoms with Gasteiger partial charge in [-0.05, 0) is 43.7 Å². The standard InChI is InChI=1S/C23H25N3O4S/c1-14-20(22(28)26(24(14)3)17-9-7-6-8-10-17)25-21(27)15(2)31-23(25)16-11-12-18(29-4)19(13-16)30-5/h6-13,15,23H,1-5H3. The van der Waals surface area contributed by atoms with E-state index < -0.39 is 0 Å². The van der Waals surface area contributed by atoms with Crippen LogP contribution in [0.5, 0.6) is 11.5 Å². The maximum absolute atomic E-state index is 13.5. The number of hydrogen-bond donors (Lipinski definition) is 0. The number of benzene rings is 2. The van der Waals surface area contributed by atoms with Crippen molar-refractivity contribution in [3.05, 3.63) is 70.1 Å². The molecule has 4 rings (SSSR count). The van der Waals surface area contributed by atoms with E-state index in [-0.39, 0.29) is 22.1 Å². The van der Waals surface area contributed by atoms with Gasteiger partial charge in [0.25, 0.3) is 5.56 Å². The topological polar surface area (TPSA) is 65.7 Å². The Labute approximate surface area is 185 Å². The summed E-state index contributed by atoms with van der Waals surface area (Å²) in [7, 11) is 4.99. The van der Waals surface area contributed by atoms with Crippen molar-refractivity contribution in [2.45, 2.75) is 24.5 Å². The first kappa shape index (κ1) is 21.1. The Kier molecular flexibility index (Phi) is 5.58. The van der Waals surface area contributed by atoms with Crippen LogP contribution in [0, 0.1) is 6.92 Å². The van der Waals surface area contributed by atoms with E-state index in [0.717, 1.165) is 16.9 Å². The number of rotatable bonds is 5. The van der Waals surface area contributed by atoms with E-state index in [1.54, 1.807) is 28.5 Å². The van der Waals surface area contributed by atoms with Gasteiger partial charge in [-0.2, -0.15) is 0 Å². The van der Waals surface area contributed by atoms with Gasteiger partial charge in [0, 0.05) is 7.05 Å². The SMILES string of the molecule is COc1ccc(C2SC(C)C(=O)N2c2c(C)n(C)n(-c3ccccc3)c2=O)cc1OC. The van der Waals surface area contributed by atoms with E-state index in [0.29, 0.717) is 17.2 Å². The molecular formula is C23H25N3O4S. The third kappa shape index (κ3) is 3.40. The zero-order valence-corrected chi connectivity index (χ0v) is 19.0. The number of aromatic nitrogens is 2. The molecule has 1 aromatic heterocycles. The summed E-state index contributed by atoms with van der Waals surface area (Å²) in [5, 5.41) is -0.623. The minimum atomic E-state index is -0.347. The molecule has 2 heterocycles. The molecule has 2 atom stereocenters. The molecule has 1 aliphatic rings. The molecule has 1 fully saturated rings. The third-order valence-corrected chi connectivity index (χ3v) is 6.96. The molecule has 2 aromatic carbocycles. The number of ether oxygens (including phenoxy) is 2. The van der Waals surface area contributed by atoms with E-state index >= 15 is 0 Å². The molecule has 0 spiro atoms. The number of carbonyl (C=O) groups excluding carboxylic acids is 1. The van der Waals surface area contributed by atoms with Crippen LogP contribution in [-0.2, 0) is 11.8 Å². The Morgan fingerprint density at radius 3 is 2.29 bits per heavy atom. The van der Waals surface area contributed by atoms with Crippen LogP contribution in [0.1, 0.15) is 23.6 Å². The minimum absolute atomic E-state index is 0.0872. The fourth-order valence-electron chi connectivity index (χ4n) is 3.92. The fraction of sp³-hybridized carbons (Fsp3) is 0.304. The lowest BCUT2D eigenvalue weighted by Crippen LogP contribution is -2.34. The maximum Gasteiger partial charge on any atom is 0.295 e. The monoisotopic (exact) mass is 439 g/mol. The smallest absolute Gasteiger partial charge is 0.295 e. The van der Waals surface area contributed by atoms with Gasteiger partial charge in [-0.25, -0.2) is 4.68 Å². The van der Waals surface area contributed by atoms with Gasteiger partial charge in [-0.1, -0.05) is 24.3 Å². The summed E-state index contributed by atoms with van der Waals surface area (Å²) in [6.07, 6.45) is 0. The maximum atomic E-state index is 13.5. The largest absolute Gasteiger partial charge is 0.493 e. The third-order valence-electron chi connectivity index (χ3n) is 5.61. The summed E-state index contributed by atoms with van der Waals surface area (Å²) >= 11 is 1.51. The minimum Gasteiger partial charge on any atom is -0.493 e. The first-order chi connectivity index (χ1) is 14.9. The zero-order chi connectivity index (χ0) is 22.3. The number of carbonyl (C=O) groups is 1. The van der Waals surface area contributed by atoms with Crippen LogP contribution >= 0.6 is 11.8 Å². The second-order valence-electron chi connectivity index (χ2n) is 7.36. The highest BCUT2D eigenvalue weighted by molar-refractivity contribution is 8.01. The lowest BCUT2D eigenvalue weighted by Gasteiger charge is -2.23. The molecule has 0 saturated carbocycles. The summed E-state index contributed by atoms with van der Waals surface area (Å²) in [6, 6.07) is 15.0. The summed E-state index contributed by atoms with van der Waals surface area (Å²) in [4.78, 5) is 28.4. The van der Waals surface area contributed by atoms with Crippen molar-refractivity contribution in [3.63, 3.8) is 0 Å². The Morgan fingerprint density at radius 2 is 1.65 bits per heavy atom. The first-order valence-electron chi connectivity index (χ1n) is 9.93. The van der Waals surface area contributed by atoms with Crippen molar-refractivity contribution in [3.8, 4) is 17.2 Å². The van der Waals surface area contributed by atoms with Crippen molar-refractivity contribution < 1.29 is 14.3 Å². The number of nitrogens with zero attached hydrogens (tertiary/aromatic N) is 3. The average molecular weight is 440 g/mol. The predicted molar refractivity (Wildman–Crippen MR) is 123 cm³/mol. The lowest BCUT2D eigenvalue weighted by molar-refractivity contribution is -0.117. The van der Waals surface area contributed by atoms with Crippen molar-refractivity contribution >= 4 is 23.4 Å². The van der Waals surface area contributed by atoms with E-state index in [9.17, 15) is 9.59 Å². The van der Waals surface area contributed by atoms with E-state index in [1.165, 1.54) is 11.8 Å². The van der Waals surface area contributed by atoms with Crippen LogP contribution in [0.4, 0.5) is 5.69 Å². The quantitative estimate of drug-likeness (QED) is 0.607. The number of para-hydroxylation sites is 1. The molecule has 31 heavy (non-hydrogen) atoms. The van der Waals surface area contributed by atoms with Crippen molar-refractivity contribution in [2.24, 2.45) is 7.05 Å². The van der Waals surface area contributed by atoms with Crippen molar-refractivity contribution in [1.82, 2.24) is 9.36 Å². The van der Waals surface area contributed by atoms with Gasteiger partial charge in [0.2, 0.25) is 5.91 Å². The molecule has 2 unspecified atom stereocenters. The molecule has 1 saturated heterocycles. The van der Waals surface area contributed by atoms with Gasteiger partial charge in [-0.3, -0.25) is 19.2 Å². The number of anilines is 1. The van der Waals surface area contributed by atoms with Crippen LogP contribution in [0.15, 0.2) is 53.3 Å². The molecule has 0 aliphatic carbocycles. The first-order valence-corrected chi connectivity index (χ1v) is 10.9. The van der Waals surface area contributed by atoms with Crippen LogP contribution in [0.2, 0.25) is 0 Å². The number of methoxy groups -OCH3 is 2. The van der Waals surface area contributed by atoms with Crippen molar-refractivity contribution in [1.29, 1.82) is 0 Å². The molecule has 3 aromatic rings. The molecule has 0 bridgehead atoms. The second-order valence-corrected chi connectivity index (χ2v) is 8.79. The molecule has 162 valence electrons. The fourth-order valence-corrected chi connectivity index (χ4v) is 5.17. The summed E-state index contributed by atoms with van der Waals surface area (Å²) in [5.74, 6) is 1.11. The van der Waals surface area contributed by atoms with Crippen LogP contribution < -0.4 is 19.9 Å². The predicted octanol–water partition coefficient (Wildman–Crippen LogP) is 3.67. The van der Waals surface area contributed by atoms with E-state index in [4.69, 9.17) is 9.47 Å². The molecule has 7 nitrogen and oxygen atoms in total. The normalized spacial score (nSPS) is 18.5. The molecule has 1 amide bonds. The summed E-state index contributed by atoms with van der Waals surface area (Å²) in [5.41, 5.74) is 2.52. The Morgan fingerprint density at radius 1 is 0.968 bits per heavy atom. The van der Waals surface area contributed by atoms with Gasteiger partial charge in [-0.15, -0.1) is 11.8 Å². The molecule has 8 heteroatoms. The Bertz CT molecular complexity index is 1190. The molecule has 0 radical (unpaired) electrons. The van der Waals surface area contributed by atoms with Gasteiger partial charge in [0.05, 0.1) is 30.9 Å². The second kappa shape index (κ2) is 8.19. The van der Waals surface area contributed by atoms with E-state index in [2.05, 4.69) is 0 Å². The molecular weight excluding hydrogens is 414 g/mol. The van der Waals surface area contributed by atoms with Crippen LogP contribution in [-0.4, -0.2) is 34.7 Å².